The van der Waals surface area contributed by atoms with Crippen molar-refractivity contribution < 1.29 is 45.4 Å². The van der Waals surface area contributed by atoms with E-state index in [-0.39, 0.29) is 25.3 Å². The number of nitrogens with one attached hydrogen (secondary N) is 3. The SMILES string of the molecule is C=C[C@@H]1C[C@]1(NC(=O)[C@@H]1C[C@@H](Oc2ncc(OC)c3ccc(Cl)cc23)CN1C(=O)[C@@H](NC1=NC(c2ccc(C(F)(F)F)cc2)CS1)C(C)(C)C)C(=O)NS(=O)(=O)C1CC1. The highest BCUT2D eigenvalue weighted by Gasteiger charge is 2.62. The van der Waals surface area contributed by atoms with Crippen molar-refractivity contribution in [2.24, 2.45) is 16.3 Å². The zero-order valence-electron chi connectivity index (χ0n) is 32.6. The highest BCUT2D eigenvalue weighted by molar-refractivity contribution is 8.14. The number of aromatic nitrogens is 1. The first-order valence-electron chi connectivity index (χ1n) is 19.0. The van der Waals surface area contributed by atoms with E-state index in [1.165, 1.54) is 48.2 Å². The number of hydrogen-bond donors (Lipinski definition) is 3. The predicted molar refractivity (Wildman–Crippen MR) is 218 cm³/mol. The molecule has 1 unspecified atom stereocenters. The fourth-order valence-electron chi connectivity index (χ4n) is 7.43. The molecule has 2 aliphatic heterocycles. The second-order valence-electron chi connectivity index (χ2n) is 16.3. The van der Waals surface area contributed by atoms with Crippen molar-refractivity contribution in [2.45, 2.75) is 87.6 Å². The van der Waals surface area contributed by atoms with Gasteiger partial charge in [0.25, 0.3) is 5.91 Å². The van der Waals surface area contributed by atoms with E-state index < -0.39 is 85.8 Å². The Bertz CT molecular complexity index is 2320. The van der Waals surface area contributed by atoms with Crippen LogP contribution in [-0.2, 0) is 30.6 Å². The number of carbonyl (C=O) groups is 3. The molecule has 2 saturated carbocycles. The van der Waals surface area contributed by atoms with E-state index in [0.29, 0.717) is 50.9 Å². The van der Waals surface area contributed by atoms with Crippen LogP contribution in [0.1, 0.15) is 63.6 Å². The molecule has 4 aliphatic rings. The van der Waals surface area contributed by atoms with E-state index in [4.69, 9.17) is 26.1 Å². The molecule has 3 N–H and O–H groups in total. The molecule has 3 amide bonds. The van der Waals surface area contributed by atoms with Gasteiger partial charge in [0.05, 0.1) is 36.7 Å². The Labute approximate surface area is 349 Å². The molecule has 3 heterocycles. The number of fused-ring (bicyclic) bond motifs is 1. The van der Waals surface area contributed by atoms with Crippen LogP contribution in [-0.4, -0.2) is 89.6 Å². The molecule has 19 heteroatoms. The highest BCUT2D eigenvalue weighted by atomic mass is 35.5. The number of benzene rings is 2. The largest absolute Gasteiger partial charge is 0.494 e. The number of pyridine rings is 1. The summed E-state index contributed by atoms with van der Waals surface area (Å²) in [6.07, 6.45) is -1.33. The van der Waals surface area contributed by atoms with Gasteiger partial charge in [0.15, 0.2) is 5.17 Å². The number of alkyl halides is 3. The van der Waals surface area contributed by atoms with Crippen LogP contribution in [0, 0.1) is 11.3 Å². The van der Waals surface area contributed by atoms with Gasteiger partial charge in [-0.1, -0.05) is 62.3 Å². The Morgan fingerprint density at radius 1 is 1.10 bits per heavy atom. The summed E-state index contributed by atoms with van der Waals surface area (Å²) in [7, 11) is -2.44. The van der Waals surface area contributed by atoms with Crippen molar-refractivity contribution in [2.75, 3.05) is 19.4 Å². The van der Waals surface area contributed by atoms with Gasteiger partial charge in [-0.05, 0) is 60.6 Å². The first-order valence-corrected chi connectivity index (χ1v) is 21.9. The van der Waals surface area contributed by atoms with Crippen LogP contribution in [0.25, 0.3) is 10.8 Å². The smallest absolute Gasteiger partial charge is 0.416 e. The highest BCUT2D eigenvalue weighted by Crippen LogP contribution is 2.46. The van der Waals surface area contributed by atoms with Gasteiger partial charge in [0.2, 0.25) is 27.7 Å². The maximum Gasteiger partial charge on any atom is 0.416 e. The van der Waals surface area contributed by atoms with Gasteiger partial charge in [-0.3, -0.25) is 24.1 Å². The van der Waals surface area contributed by atoms with Crippen molar-refractivity contribution in [1.82, 2.24) is 25.2 Å². The summed E-state index contributed by atoms with van der Waals surface area (Å²) in [5.74, 6) is -1.51. The molecule has 0 bridgehead atoms. The number of amidine groups is 1. The van der Waals surface area contributed by atoms with E-state index >= 15 is 0 Å². The minimum atomic E-state index is -4.48. The number of methoxy groups -OCH3 is 1. The molecule has 3 aromatic rings. The molecule has 2 aromatic carbocycles. The number of rotatable bonds is 12. The topological polar surface area (TPSA) is 168 Å². The fraction of sp³-hybridized carbons (Fsp3) is 0.475. The molecular weight excluding hydrogens is 833 g/mol. The van der Waals surface area contributed by atoms with Crippen molar-refractivity contribution in [3.05, 3.63) is 77.5 Å². The standard InChI is InChI=1S/C40H44ClF3N6O7S2/c1-6-22-17-39(22,36(53)49-59(54,55)26-12-13-26)48-33(51)30-16-25(57-34-28-15-24(41)11-14-27(28)31(56-5)18-45-34)19-50(30)35(52)32(38(2,3)4)47-37-46-29(20-58-37)21-7-9-23(10-8-21)40(42,43)44/h6-11,14-15,18,22,25-26,29-30,32H,1,12-13,16-17,19-20H2,2-5H3,(H,46,47)(H,48,51)(H,49,53)/t22-,25-,29?,30+,32-,39-/m1/s1. The number of thioether (sulfide) groups is 1. The second kappa shape index (κ2) is 15.8. The molecule has 0 radical (unpaired) electrons. The Morgan fingerprint density at radius 2 is 1.81 bits per heavy atom. The quantitative estimate of drug-likeness (QED) is 0.190. The predicted octanol–water partition coefficient (Wildman–Crippen LogP) is 5.78. The molecule has 59 heavy (non-hydrogen) atoms. The summed E-state index contributed by atoms with van der Waals surface area (Å²) in [6.45, 7) is 9.21. The van der Waals surface area contributed by atoms with E-state index in [9.17, 15) is 36.0 Å². The van der Waals surface area contributed by atoms with Crippen LogP contribution < -0.4 is 24.8 Å². The number of likely N-dealkylation sites (tertiary alicyclic amines) is 1. The van der Waals surface area contributed by atoms with E-state index in [1.54, 1.807) is 18.2 Å². The Kier molecular flexibility index (Phi) is 11.4. The number of hydrogen-bond acceptors (Lipinski definition) is 11. The summed E-state index contributed by atoms with van der Waals surface area (Å²) in [4.78, 5) is 53.4. The maximum atomic E-state index is 14.9. The third-order valence-electron chi connectivity index (χ3n) is 11.0. The Morgan fingerprint density at radius 3 is 2.42 bits per heavy atom. The van der Waals surface area contributed by atoms with Crippen molar-refractivity contribution in [3.8, 4) is 11.6 Å². The number of ether oxygens (including phenoxy) is 2. The summed E-state index contributed by atoms with van der Waals surface area (Å²) < 4.78 is 79.2. The maximum absolute atomic E-state index is 14.9. The summed E-state index contributed by atoms with van der Waals surface area (Å²) in [6, 6.07) is 7.32. The van der Waals surface area contributed by atoms with Crippen molar-refractivity contribution >= 4 is 67.0 Å². The van der Waals surface area contributed by atoms with Gasteiger partial charge in [-0.2, -0.15) is 13.2 Å². The lowest BCUT2D eigenvalue weighted by molar-refractivity contribution is -0.142. The van der Waals surface area contributed by atoms with E-state index in [1.807, 2.05) is 20.8 Å². The van der Waals surface area contributed by atoms with Crippen molar-refractivity contribution in [1.29, 1.82) is 0 Å². The summed E-state index contributed by atoms with van der Waals surface area (Å²) in [5.41, 5.74) is -2.54. The lowest BCUT2D eigenvalue weighted by Gasteiger charge is -2.36. The van der Waals surface area contributed by atoms with Crippen LogP contribution in [0.4, 0.5) is 13.2 Å². The number of nitrogens with zero attached hydrogens (tertiary/aromatic N) is 3. The second-order valence-corrected chi connectivity index (χ2v) is 19.7. The van der Waals surface area contributed by atoms with Crippen LogP contribution >= 0.6 is 23.4 Å². The third kappa shape index (κ3) is 8.85. The van der Waals surface area contributed by atoms with Gasteiger partial charge in [0.1, 0.15) is 29.5 Å². The molecule has 316 valence electrons. The van der Waals surface area contributed by atoms with Gasteiger partial charge in [-0.25, -0.2) is 13.4 Å². The van der Waals surface area contributed by atoms with E-state index in [0.717, 1.165) is 12.1 Å². The summed E-state index contributed by atoms with van der Waals surface area (Å²) in [5, 5.41) is 7.41. The molecule has 2 aliphatic carbocycles. The normalized spacial score (nSPS) is 24.9. The average Bonchev–Trinajstić information content (AvgIpc) is 4.07. The van der Waals surface area contributed by atoms with Gasteiger partial charge >= 0.3 is 6.18 Å². The number of carbonyl (C=O) groups excluding carboxylic acids is 3. The molecule has 3 fully saturated rings. The minimum Gasteiger partial charge on any atom is -0.494 e. The first-order chi connectivity index (χ1) is 27.7. The van der Waals surface area contributed by atoms with Crippen LogP contribution in [0.5, 0.6) is 11.6 Å². The van der Waals surface area contributed by atoms with Crippen LogP contribution in [0.2, 0.25) is 5.02 Å². The molecule has 1 saturated heterocycles. The number of aliphatic imine (C=N–C) groups is 1. The Hall–Kier alpha value is -4.55. The molecule has 0 spiro atoms. The molecule has 6 atom stereocenters. The minimum absolute atomic E-state index is 0.0211. The zero-order chi connectivity index (χ0) is 42.7. The lowest BCUT2D eigenvalue weighted by Crippen LogP contribution is -2.60. The van der Waals surface area contributed by atoms with Gasteiger partial charge in [0, 0.05) is 33.9 Å². The molecule has 13 nitrogen and oxygen atoms in total. The average molecular weight is 877 g/mol. The van der Waals surface area contributed by atoms with Crippen LogP contribution in [0.15, 0.2) is 66.3 Å². The number of sulfonamides is 1. The fourth-order valence-corrected chi connectivity index (χ4v) is 9.95. The Balaban J connectivity index is 1.17. The first kappa shape index (κ1) is 42.6. The molecular formula is C40H44ClF3N6O7S2. The number of amides is 3. The van der Waals surface area contributed by atoms with Crippen molar-refractivity contribution in [3.63, 3.8) is 0 Å². The summed E-state index contributed by atoms with van der Waals surface area (Å²) >= 11 is 7.67. The van der Waals surface area contributed by atoms with Gasteiger partial charge < -0.3 is 25.0 Å². The van der Waals surface area contributed by atoms with Gasteiger partial charge in [-0.15, -0.1) is 6.58 Å². The zero-order valence-corrected chi connectivity index (χ0v) is 35.0. The molecule has 1 aromatic heterocycles. The lowest BCUT2D eigenvalue weighted by atomic mass is 9.85. The third-order valence-corrected chi connectivity index (χ3v) is 14.1. The van der Waals surface area contributed by atoms with E-state index in [2.05, 4.69) is 26.9 Å². The van der Waals surface area contributed by atoms with Crippen LogP contribution in [0.3, 0.4) is 0 Å². The monoisotopic (exact) mass is 876 g/mol. The molecule has 7 rings (SSSR count). The number of halogens is 4.